The van der Waals surface area contributed by atoms with E-state index in [9.17, 15) is 4.79 Å². The molecule has 78 valence electrons. The first kappa shape index (κ1) is 12.2. The molecule has 1 unspecified atom stereocenters. The maximum absolute atomic E-state index is 11.0. The Hall–Kier alpha value is -0.770. The molecule has 1 N–H and O–H groups in total. The number of rotatable bonds is 5. The summed E-state index contributed by atoms with van der Waals surface area (Å²) < 4.78 is 10.1. The fraction of sp³-hybridized carbons (Fsp3) is 0.889. The zero-order valence-corrected chi connectivity index (χ0v) is 8.79. The Balaban J connectivity index is 3.46. The summed E-state index contributed by atoms with van der Waals surface area (Å²) in [5.41, 5.74) is 0. The van der Waals surface area contributed by atoms with E-state index in [0.29, 0.717) is 13.2 Å². The molecule has 0 fully saturated rings. The molecule has 0 saturated heterocycles. The van der Waals surface area contributed by atoms with Crippen LogP contribution in [0.15, 0.2) is 0 Å². The lowest BCUT2D eigenvalue weighted by Crippen LogP contribution is -2.33. The lowest BCUT2D eigenvalue weighted by atomic mass is 10.4. The molecule has 0 aliphatic rings. The van der Waals surface area contributed by atoms with E-state index in [1.54, 1.807) is 0 Å². The van der Waals surface area contributed by atoms with Crippen LogP contribution in [0.4, 0.5) is 4.79 Å². The van der Waals surface area contributed by atoms with Crippen molar-refractivity contribution in [3.8, 4) is 0 Å². The summed E-state index contributed by atoms with van der Waals surface area (Å²) in [6.07, 6.45) is -0.436. The molecule has 0 saturated carbocycles. The van der Waals surface area contributed by atoms with E-state index in [0.717, 1.165) is 0 Å². The van der Waals surface area contributed by atoms with Gasteiger partial charge in [0.05, 0.1) is 12.2 Å². The molecule has 0 aromatic heterocycles. The largest absolute Gasteiger partial charge is 0.447 e. The zero-order chi connectivity index (χ0) is 10.3. The monoisotopic (exact) mass is 189 g/mol. The molecule has 0 heterocycles. The molecule has 0 rings (SSSR count). The van der Waals surface area contributed by atoms with Gasteiger partial charge in [-0.3, -0.25) is 0 Å². The summed E-state index contributed by atoms with van der Waals surface area (Å²) in [6, 6.07) is 0. The molecule has 1 amide bonds. The minimum absolute atomic E-state index is 0.0321. The van der Waals surface area contributed by atoms with Crippen molar-refractivity contribution in [2.75, 3.05) is 13.2 Å². The van der Waals surface area contributed by atoms with Gasteiger partial charge in [-0.1, -0.05) is 0 Å². The highest BCUT2D eigenvalue weighted by Crippen LogP contribution is 1.91. The van der Waals surface area contributed by atoms with Crippen molar-refractivity contribution in [2.24, 2.45) is 0 Å². The minimum Gasteiger partial charge on any atom is -0.447 e. The van der Waals surface area contributed by atoms with Crippen LogP contribution in [-0.2, 0) is 9.47 Å². The standard InChI is InChI=1S/C9H19NO3/c1-5-12-8(4)6-10-9(11)13-7(2)3/h7-8H,5-6H2,1-4H3,(H,10,11). The van der Waals surface area contributed by atoms with Crippen LogP contribution < -0.4 is 5.32 Å². The number of nitrogens with one attached hydrogen (secondary N) is 1. The van der Waals surface area contributed by atoms with Crippen LogP contribution in [0.2, 0.25) is 0 Å². The summed E-state index contributed by atoms with van der Waals surface area (Å²) in [7, 11) is 0. The highest BCUT2D eigenvalue weighted by molar-refractivity contribution is 5.67. The highest BCUT2D eigenvalue weighted by Gasteiger charge is 2.06. The number of hydrogen-bond acceptors (Lipinski definition) is 3. The number of amides is 1. The van der Waals surface area contributed by atoms with Crippen LogP contribution in [0.25, 0.3) is 0 Å². The molecule has 1 atom stereocenters. The van der Waals surface area contributed by atoms with Gasteiger partial charge in [0.2, 0.25) is 0 Å². The van der Waals surface area contributed by atoms with Crippen molar-refractivity contribution in [1.29, 1.82) is 0 Å². The molecular formula is C9H19NO3. The predicted molar refractivity (Wildman–Crippen MR) is 50.7 cm³/mol. The van der Waals surface area contributed by atoms with Crippen molar-refractivity contribution in [2.45, 2.75) is 39.9 Å². The van der Waals surface area contributed by atoms with Crippen molar-refractivity contribution in [3.05, 3.63) is 0 Å². The fourth-order valence-corrected chi connectivity index (χ4v) is 0.826. The average molecular weight is 189 g/mol. The summed E-state index contributed by atoms with van der Waals surface area (Å²) in [5.74, 6) is 0. The minimum atomic E-state index is -0.387. The third-order valence-electron chi connectivity index (χ3n) is 1.33. The van der Waals surface area contributed by atoms with Crippen LogP contribution in [0, 0.1) is 0 Å². The second kappa shape index (κ2) is 6.71. The Kier molecular flexibility index (Phi) is 6.32. The smallest absolute Gasteiger partial charge is 0.407 e. The van der Waals surface area contributed by atoms with E-state index in [1.807, 2.05) is 27.7 Å². The molecule has 0 aliphatic heterocycles. The third kappa shape index (κ3) is 7.59. The van der Waals surface area contributed by atoms with E-state index >= 15 is 0 Å². The van der Waals surface area contributed by atoms with E-state index in [1.165, 1.54) is 0 Å². The van der Waals surface area contributed by atoms with Crippen molar-refractivity contribution >= 4 is 6.09 Å². The Morgan fingerprint density at radius 2 is 2.00 bits per heavy atom. The molecule has 0 aliphatic carbocycles. The van der Waals surface area contributed by atoms with Gasteiger partial charge >= 0.3 is 6.09 Å². The normalized spacial score (nSPS) is 12.7. The first-order valence-corrected chi connectivity index (χ1v) is 4.62. The molecule has 0 aromatic carbocycles. The van der Waals surface area contributed by atoms with Crippen LogP contribution in [0.1, 0.15) is 27.7 Å². The van der Waals surface area contributed by atoms with E-state index < -0.39 is 0 Å². The SMILES string of the molecule is CCOC(C)CNC(=O)OC(C)C. The van der Waals surface area contributed by atoms with Crippen LogP contribution in [0.5, 0.6) is 0 Å². The van der Waals surface area contributed by atoms with Crippen LogP contribution in [0.3, 0.4) is 0 Å². The van der Waals surface area contributed by atoms with E-state index in [2.05, 4.69) is 5.32 Å². The van der Waals surface area contributed by atoms with Crippen LogP contribution in [-0.4, -0.2) is 31.5 Å². The first-order chi connectivity index (χ1) is 6.06. The molecule has 4 heteroatoms. The first-order valence-electron chi connectivity index (χ1n) is 4.62. The van der Waals surface area contributed by atoms with Crippen molar-refractivity contribution in [1.82, 2.24) is 5.32 Å². The summed E-state index contributed by atoms with van der Waals surface area (Å²) in [4.78, 5) is 11.0. The summed E-state index contributed by atoms with van der Waals surface area (Å²) in [6.45, 7) is 8.58. The molecular weight excluding hydrogens is 170 g/mol. The van der Waals surface area contributed by atoms with Crippen molar-refractivity contribution in [3.63, 3.8) is 0 Å². The molecule has 0 bridgehead atoms. The van der Waals surface area contributed by atoms with Crippen molar-refractivity contribution < 1.29 is 14.3 Å². The van der Waals surface area contributed by atoms with E-state index in [4.69, 9.17) is 9.47 Å². The Morgan fingerprint density at radius 1 is 1.38 bits per heavy atom. The highest BCUT2D eigenvalue weighted by atomic mass is 16.6. The second-order valence-corrected chi connectivity index (χ2v) is 3.10. The van der Waals surface area contributed by atoms with Gasteiger partial charge in [-0.2, -0.15) is 0 Å². The Labute approximate surface area is 79.6 Å². The lowest BCUT2D eigenvalue weighted by Gasteiger charge is -2.13. The lowest BCUT2D eigenvalue weighted by molar-refractivity contribution is 0.0688. The number of carbonyl (C=O) groups is 1. The fourth-order valence-electron chi connectivity index (χ4n) is 0.826. The second-order valence-electron chi connectivity index (χ2n) is 3.10. The van der Waals surface area contributed by atoms with Crippen LogP contribution >= 0.6 is 0 Å². The number of carbonyl (C=O) groups excluding carboxylic acids is 1. The number of ether oxygens (including phenoxy) is 2. The molecule has 0 radical (unpaired) electrons. The third-order valence-corrected chi connectivity index (χ3v) is 1.33. The van der Waals surface area contributed by atoms with E-state index in [-0.39, 0.29) is 18.3 Å². The van der Waals surface area contributed by atoms with Gasteiger partial charge < -0.3 is 14.8 Å². The van der Waals surface area contributed by atoms with Gasteiger partial charge in [0.15, 0.2) is 0 Å². The zero-order valence-electron chi connectivity index (χ0n) is 8.79. The topological polar surface area (TPSA) is 47.6 Å². The summed E-state index contributed by atoms with van der Waals surface area (Å²) in [5, 5.41) is 2.61. The quantitative estimate of drug-likeness (QED) is 0.713. The summed E-state index contributed by atoms with van der Waals surface area (Å²) >= 11 is 0. The van der Waals surface area contributed by atoms with Gasteiger partial charge in [0.1, 0.15) is 0 Å². The molecule has 0 spiro atoms. The maximum Gasteiger partial charge on any atom is 0.407 e. The Bertz CT molecular complexity index is 148. The van der Waals surface area contributed by atoms with Gasteiger partial charge in [0.25, 0.3) is 0 Å². The number of hydrogen-bond donors (Lipinski definition) is 1. The molecule has 0 aromatic rings. The number of alkyl carbamates (subject to hydrolysis) is 1. The average Bonchev–Trinajstić information content (AvgIpc) is 2.00. The maximum atomic E-state index is 11.0. The van der Waals surface area contributed by atoms with Gasteiger partial charge in [-0.25, -0.2) is 4.79 Å². The molecule has 4 nitrogen and oxygen atoms in total. The van der Waals surface area contributed by atoms with Gasteiger partial charge in [0, 0.05) is 13.2 Å². The van der Waals surface area contributed by atoms with Gasteiger partial charge in [-0.15, -0.1) is 0 Å². The Morgan fingerprint density at radius 3 is 2.46 bits per heavy atom. The van der Waals surface area contributed by atoms with Gasteiger partial charge in [-0.05, 0) is 27.7 Å². The predicted octanol–water partition coefficient (Wildman–Crippen LogP) is 1.55. The molecule has 13 heavy (non-hydrogen) atoms.